The molecule has 0 saturated heterocycles. The molecule has 0 fully saturated rings. The standard InChI is InChI=1S/C22H16ClNO2/c23-13-6-3-5-12(11-13)18-19-16(9-4-10-17(19)25)24-21-14-7-1-2-8-15(14)22(26)20(18)21/h1-3,5-8,11,18,20H,4,9-10H2/t18-,20+/m0/s1. The number of hydrogen-bond acceptors (Lipinski definition) is 3. The van der Waals surface area contributed by atoms with Gasteiger partial charge in [-0.3, -0.25) is 14.6 Å². The Hall–Kier alpha value is -2.52. The van der Waals surface area contributed by atoms with Crippen molar-refractivity contribution in [3.63, 3.8) is 0 Å². The van der Waals surface area contributed by atoms with Crippen molar-refractivity contribution in [2.45, 2.75) is 25.2 Å². The zero-order chi connectivity index (χ0) is 17.8. The van der Waals surface area contributed by atoms with Gasteiger partial charge in [0, 0.05) is 39.8 Å². The van der Waals surface area contributed by atoms with E-state index in [0.717, 1.165) is 35.4 Å². The highest BCUT2D eigenvalue weighted by atomic mass is 35.5. The van der Waals surface area contributed by atoms with Crippen molar-refractivity contribution < 1.29 is 9.59 Å². The number of carbonyl (C=O) groups excluding carboxylic acids is 2. The van der Waals surface area contributed by atoms with Crippen molar-refractivity contribution in [3.05, 3.63) is 81.5 Å². The molecule has 2 atom stereocenters. The van der Waals surface area contributed by atoms with E-state index in [1.807, 2.05) is 48.5 Å². The highest BCUT2D eigenvalue weighted by Gasteiger charge is 2.48. The first-order valence-electron chi connectivity index (χ1n) is 8.89. The third-order valence-electron chi connectivity index (χ3n) is 5.58. The lowest BCUT2D eigenvalue weighted by Gasteiger charge is -2.33. The molecule has 2 aromatic carbocycles. The molecule has 5 rings (SSSR count). The van der Waals surface area contributed by atoms with Gasteiger partial charge in [-0.2, -0.15) is 0 Å². The lowest BCUT2D eigenvalue weighted by molar-refractivity contribution is -0.116. The van der Waals surface area contributed by atoms with E-state index in [2.05, 4.69) is 0 Å². The Labute approximate surface area is 156 Å². The molecule has 4 heteroatoms. The average molecular weight is 362 g/mol. The summed E-state index contributed by atoms with van der Waals surface area (Å²) in [6.45, 7) is 0. The molecule has 0 spiro atoms. The number of rotatable bonds is 1. The third-order valence-corrected chi connectivity index (χ3v) is 5.82. The Balaban J connectivity index is 1.78. The van der Waals surface area contributed by atoms with Crippen molar-refractivity contribution in [3.8, 4) is 0 Å². The molecule has 3 aliphatic rings. The lowest BCUT2D eigenvalue weighted by Crippen LogP contribution is -2.33. The molecular formula is C22H16ClNO2. The number of nitrogens with zero attached hydrogens (tertiary/aromatic N) is 1. The Morgan fingerprint density at radius 1 is 0.923 bits per heavy atom. The summed E-state index contributed by atoms with van der Waals surface area (Å²) in [5.74, 6) is -0.576. The first-order valence-corrected chi connectivity index (χ1v) is 9.27. The van der Waals surface area contributed by atoms with Crippen LogP contribution in [0, 0.1) is 5.92 Å². The largest absolute Gasteiger partial charge is 0.294 e. The maximum Gasteiger partial charge on any atom is 0.173 e. The van der Waals surface area contributed by atoms with Crippen molar-refractivity contribution in [2.24, 2.45) is 10.9 Å². The topological polar surface area (TPSA) is 46.5 Å². The fourth-order valence-electron chi connectivity index (χ4n) is 4.51. The zero-order valence-corrected chi connectivity index (χ0v) is 14.8. The fraction of sp³-hybridized carbons (Fsp3) is 0.227. The minimum atomic E-state index is -0.438. The number of halogens is 1. The Kier molecular flexibility index (Phi) is 3.47. The summed E-state index contributed by atoms with van der Waals surface area (Å²) < 4.78 is 0. The van der Waals surface area contributed by atoms with Crippen molar-refractivity contribution in [1.82, 2.24) is 0 Å². The van der Waals surface area contributed by atoms with Crippen LogP contribution >= 0.6 is 11.6 Å². The van der Waals surface area contributed by atoms with Crippen LogP contribution in [0.25, 0.3) is 0 Å². The minimum Gasteiger partial charge on any atom is -0.294 e. The van der Waals surface area contributed by atoms with Crippen LogP contribution in [0.5, 0.6) is 0 Å². The molecule has 1 aliphatic heterocycles. The van der Waals surface area contributed by atoms with Crippen LogP contribution in [0.1, 0.15) is 46.7 Å². The zero-order valence-electron chi connectivity index (χ0n) is 14.0. The van der Waals surface area contributed by atoms with Crippen molar-refractivity contribution in [1.29, 1.82) is 0 Å². The Bertz CT molecular complexity index is 1030. The molecule has 0 amide bonds. The number of carbonyl (C=O) groups is 2. The first-order chi connectivity index (χ1) is 12.6. The third kappa shape index (κ3) is 2.17. The summed E-state index contributed by atoms with van der Waals surface area (Å²) >= 11 is 6.23. The first kappa shape index (κ1) is 15.7. The van der Waals surface area contributed by atoms with Gasteiger partial charge >= 0.3 is 0 Å². The van der Waals surface area contributed by atoms with Gasteiger partial charge in [0.1, 0.15) is 0 Å². The predicted molar refractivity (Wildman–Crippen MR) is 101 cm³/mol. The minimum absolute atomic E-state index is 0.0502. The van der Waals surface area contributed by atoms with E-state index in [0.29, 0.717) is 22.6 Å². The van der Waals surface area contributed by atoms with Gasteiger partial charge in [-0.15, -0.1) is 0 Å². The lowest BCUT2D eigenvalue weighted by atomic mass is 9.71. The second-order valence-corrected chi connectivity index (χ2v) is 7.49. The van der Waals surface area contributed by atoms with Crippen molar-refractivity contribution in [2.75, 3.05) is 0 Å². The molecule has 0 aromatic heterocycles. The van der Waals surface area contributed by atoms with Crippen LogP contribution in [-0.4, -0.2) is 17.3 Å². The number of Topliss-reactive ketones (excluding diaryl/α,β-unsaturated/α-hetero) is 2. The quantitative estimate of drug-likeness (QED) is 0.736. The smallest absolute Gasteiger partial charge is 0.173 e. The molecule has 2 aliphatic carbocycles. The SMILES string of the molecule is O=C1CCCC2=C1[C@H](c1cccc(Cl)c1)[C@H]1C(=O)c3ccccc3C1=N2. The Morgan fingerprint density at radius 2 is 1.73 bits per heavy atom. The van der Waals surface area contributed by atoms with Gasteiger partial charge in [0.15, 0.2) is 11.6 Å². The molecule has 3 nitrogen and oxygen atoms in total. The molecule has 0 unspecified atom stereocenters. The van der Waals surface area contributed by atoms with Crippen LogP contribution in [0.3, 0.4) is 0 Å². The number of allylic oxidation sites excluding steroid dienone is 2. The van der Waals surface area contributed by atoms with Crippen LogP contribution in [0.15, 0.2) is 64.8 Å². The van der Waals surface area contributed by atoms with Crippen LogP contribution < -0.4 is 0 Å². The fourth-order valence-corrected chi connectivity index (χ4v) is 4.71. The van der Waals surface area contributed by atoms with Gasteiger partial charge in [-0.1, -0.05) is 48.0 Å². The van der Waals surface area contributed by atoms with Crippen LogP contribution in [0.4, 0.5) is 0 Å². The van der Waals surface area contributed by atoms with Gasteiger partial charge < -0.3 is 0 Å². The average Bonchev–Trinajstić information content (AvgIpc) is 2.93. The van der Waals surface area contributed by atoms with Gasteiger partial charge in [-0.05, 0) is 30.5 Å². The van der Waals surface area contributed by atoms with Gasteiger partial charge in [-0.25, -0.2) is 0 Å². The molecule has 2 aromatic rings. The number of aliphatic imine (C=N–C) groups is 1. The number of benzene rings is 2. The predicted octanol–water partition coefficient (Wildman–Crippen LogP) is 4.75. The molecular weight excluding hydrogens is 346 g/mol. The summed E-state index contributed by atoms with van der Waals surface area (Å²) in [6.07, 6.45) is 2.12. The number of hydrogen-bond donors (Lipinski definition) is 0. The second-order valence-electron chi connectivity index (χ2n) is 7.05. The van der Waals surface area contributed by atoms with E-state index >= 15 is 0 Å². The maximum atomic E-state index is 13.2. The van der Waals surface area contributed by atoms with Gasteiger partial charge in [0.05, 0.1) is 11.6 Å². The molecule has 128 valence electrons. The van der Waals surface area contributed by atoms with E-state index in [1.165, 1.54) is 0 Å². The van der Waals surface area contributed by atoms with E-state index < -0.39 is 5.92 Å². The van der Waals surface area contributed by atoms with E-state index in [1.54, 1.807) is 0 Å². The van der Waals surface area contributed by atoms with Gasteiger partial charge in [0.25, 0.3) is 0 Å². The molecule has 0 bridgehead atoms. The van der Waals surface area contributed by atoms with Crippen molar-refractivity contribution >= 4 is 28.9 Å². The Morgan fingerprint density at radius 3 is 2.54 bits per heavy atom. The second kappa shape index (κ2) is 5.75. The molecule has 26 heavy (non-hydrogen) atoms. The number of fused-ring (bicyclic) bond motifs is 3. The summed E-state index contributed by atoms with van der Waals surface area (Å²) in [5, 5.41) is 0.611. The van der Waals surface area contributed by atoms with E-state index in [4.69, 9.17) is 16.6 Å². The maximum absolute atomic E-state index is 13.2. The summed E-state index contributed by atoms with van der Waals surface area (Å²) in [5.41, 5.74) is 4.90. The molecule has 1 heterocycles. The van der Waals surface area contributed by atoms with Gasteiger partial charge in [0.2, 0.25) is 0 Å². The number of ketones is 2. The summed E-state index contributed by atoms with van der Waals surface area (Å²) in [7, 11) is 0. The van der Waals surface area contributed by atoms with Crippen LogP contribution in [0.2, 0.25) is 5.02 Å². The van der Waals surface area contributed by atoms with E-state index in [9.17, 15) is 9.59 Å². The van der Waals surface area contributed by atoms with E-state index in [-0.39, 0.29) is 17.5 Å². The summed E-state index contributed by atoms with van der Waals surface area (Å²) in [6, 6.07) is 15.1. The normalized spacial score (nSPS) is 24.1. The summed E-state index contributed by atoms with van der Waals surface area (Å²) in [4.78, 5) is 30.9. The molecule has 0 saturated carbocycles. The highest BCUT2D eigenvalue weighted by Crippen LogP contribution is 2.48. The monoisotopic (exact) mass is 361 g/mol. The molecule has 0 N–H and O–H groups in total. The van der Waals surface area contributed by atoms with Crippen LogP contribution in [-0.2, 0) is 4.79 Å². The highest BCUT2D eigenvalue weighted by molar-refractivity contribution is 6.31. The molecule has 0 radical (unpaired) electrons.